The number of piperidine rings is 1. The molecule has 1 aliphatic heterocycles. The molecule has 1 aliphatic carbocycles. The molecule has 6 nitrogen and oxygen atoms in total. The summed E-state index contributed by atoms with van der Waals surface area (Å²) in [5.74, 6) is 1.02. The van der Waals surface area contributed by atoms with E-state index < -0.39 is 0 Å². The normalized spacial score (nSPS) is 19.4. The zero-order valence-electron chi connectivity index (χ0n) is 16.5. The van der Waals surface area contributed by atoms with Crippen molar-refractivity contribution >= 4 is 39.2 Å². The molecule has 1 fully saturated rings. The van der Waals surface area contributed by atoms with E-state index in [2.05, 4.69) is 6.92 Å². The van der Waals surface area contributed by atoms with Crippen molar-refractivity contribution in [2.24, 2.45) is 5.92 Å². The highest BCUT2D eigenvalue weighted by molar-refractivity contribution is 7.99. The van der Waals surface area contributed by atoms with Crippen LogP contribution in [0.25, 0.3) is 10.2 Å². The van der Waals surface area contributed by atoms with E-state index in [0.717, 1.165) is 49.0 Å². The van der Waals surface area contributed by atoms with Gasteiger partial charge in [-0.05, 0) is 43.6 Å². The quantitative estimate of drug-likeness (QED) is 0.530. The first kappa shape index (κ1) is 19.9. The summed E-state index contributed by atoms with van der Waals surface area (Å²) in [6, 6.07) is 0. The number of rotatable bonds is 6. The van der Waals surface area contributed by atoms with Crippen LogP contribution in [0.1, 0.15) is 36.6 Å². The van der Waals surface area contributed by atoms with E-state index in [0.29, 0.717) is 30.0 Å². The van der Waals surface area contributed by atoms with Crippen molar-refractivity contribution < 1.29 is 9.53 Å². The van der Waals surface area contributed by atoms with Gasteiger partial charge in [-0.25, -0.2) is 4.98 Å². The Bertz CT molecular complexity index is 937. The number of fused-ring (bicyclic) bond motifs is 3. The highest BCUT2D eigenvalue weighted by atomic mass is 32.2. The Balaban J connectivity index is 1.60. The molecule has 2 aromatic heterocycles. The number of methoxy groups -OCH3 is 1. The van der Waals surface area contributed by atoms with Crippen LogP contribution in [-0.2, 0) is 28.9 Å². The van der Waals surface area contributed by atoms with E-state index in [1.54, 1.807) is 23.0 Å². The number of thiophene rings is 1. The molecule has 0 spiro atoms. The molecular weight excluding hydrogens is 394 g/mol. The Labute approximate surface area is 173 Å². The Kier molecular flexibility index (Phi) is 6.08. The van der Waals surface area contributed by atoms with Crippen molar-refractivity contribution in [3.8, 4) is 0 Å². The molecule has 2 aliphatic rings. The number of hydrogen-bond acceptors (Lipinski definition) is 6. The largest absolute Gasteiger partial charge is 0.383 e. The number of aromatic nitrogens is 2. The van der Waals surface area contributed by atoms with E-state index in [4.69, 9.17) is 9.72 Å². The highest BCUT2D eigenvalue weighted by Crippen LogP contribution is 2.35. The maximum atomic E-state index is 13.2. The maximum absolute atomic E-state index is 13.2. The number of amides is 1. The first-order chi connectivity index (χ1) is 13.6. The number of ether oxygens (including phenoxy) is 1. The molecule has 1 saturated heterocycles. The molecule has 8 heteroatoms. The second kappa shape index (κ2) is 8.55. The van der Waals surface area contributed by atoms with Crippen LogP contribution in [0, 0.1) is 5.92 Å². The average molecular weight is 422 g/mol. The summed E-state index contributed by atoms with van der Waals surface area (Å²) in [6.45, 7) is 4.77. The molecule has 152 valence electrons. The van der Waals surface area contributed by atoms with Crippen LogP contribution in [0.3, 0.4) is 0 Å². The van der Waals surface area contributed by atoms with Gasteiger partial charge in [0.15, 0.2) is 5.16 Å². The van der Waals surface area contributed by atoms with Crippen LogP contribution in [0.4, 0.5) is 0 Å². The van der Waals surface area contributed by atoms with Crippen LogP contribution in [0.15, 0.2) is 9.95 Å². The summed E-state index contributed by atoms with van der Waals surface area (Å²) < 4.78 is 6.91. The Morgan fingerprint density at radius 3 is 3.00 bits per heavy atom. The molecule has 1 atom stereocenters. The lowest BCUT2D eigenvalue weighted by Gasteiger charge is -2.30. The fraction of sp³-hybridized carbons (Fsp3) is 0.650. The Morgan fingerprint density at radius 1 is 1.36 bits per heavy atom. The van der Waals surface area contributed by atoms with Crippen molar-refractivity contribution in [1.82, 2.24) is 14.5 Å². The van der Waals surface area contributed by atoms with Gasteiger partial charge in [0.2, 0.25) is 5.91 Å². The van der Waals surface area contributed by atoms with Crippen molar-refractivity contribution in [2.75, 3.05) is 32.6 Å². The Hall–Kier alpha value is -1.38. The third kappa shape index (κ3) is 3.86. The number of aryl methyl sites for hydroxylation is 2. The molecular formula is C20H27N3O3S2. The lowest BCUT2D eigenvalue weighted by atomic mass is 10.0. The molecule has 3 heterocycles. The van der Waals surface area contributed by atoms with Crippen molar-refractivity contribution in [2.45, 2.75) is 50.7 Å². The van der Waals surface area contributed by atoms with Gasteiger partial charge in [0.25, 0.3) is 5.56 Å². The predicted octanol–water partition coefficient (Wildman–Crippen LogP) is 2.94. The van der Waals surface area contributed by atoms with Crippen molar-refractivity contribution in [3.05, 3.63) is 20.8 Å². The molecule has 28 heavy (non-hydrogen) atoms. The lowest BCUT2D eigenvalue weighted by molar-refractivity contribution is -0.130. The first-order valence-electron chi connectivity index (χ1n) is 10.0. The van der Waals surface area contributed by atoms with Gasteiger partial charge in [0.05, 0.1) is 24.3 Å². The first-order valence-corrected chi connectivity index (χ1v) is 11.8. The molecule has 0 N–H and O–H groups in total. The molecule has 0 radical (unpaired) electrons. The standard InChI is InChI=1S/C20H27N3O3S2/c1-13-5-4-8-22(11-13)16(24)12-27-20-21-18-17(14-6-3-7-15(14)28-18)19(25)23(20)9-10-26-2/h13H,3-12H2,1-2H3/t13-/m0/s1. The molecule has 0 bridgehead atoms. The molecule has 1 amide bonds. The van der Waals surface area contributed by atoms with Gasteiger partial charge in [0.1, 0.15) is 4.83 Å². The van der Waals surface area contributed by atoms with Gasteiger partial charge in [0, 0.05) is 25.1 Å². The van der Waals surface area contributed by atoms with Gasteiger partial charge in [-0.2, -0.15) is 0 Å². The second-order valence-corrected chi connectivity index (χ2v) is 9.78. The van der Waals surface area contributed by atoms with Crippen LogP contribution < -0.4 is 5.56 Å². The summed E-state index contributed by atoms with van der Waals surface area (Å²) in [6.07, 6.45) is 5.39. The average Bonchev–Trinajstić information content (AvgIpc) is 3.26. The van der Waals surface area contributed by atoms with Crippen molar-refractivity contribution in [3.63, 3.8) is 0 Å². The number of nitrogens with zero attached hydrogens (tertiary/aromatic N) is 3. The highest BCUT2D eigenvalue weighted by Gasteiger charge is 2.25. The molecule has 0 unspecified atom stereocenters. The molecule has 2 aromatic rings. The number of carbonyl (C=O) groups is 1. The van der Waals surface area contributed by atoms with Crippen molar-refractivity contribution in [1.29, 1.82) is 0 Å². The minimum absolute atomic E-state index is 0.0167. The number of hydrogen-bond donors (Lipinski definition) is 0. The lowest BCUT2D eigenvalue weighted by Crippen LogP contribution is -2.40. The summed E-state index contributed by atoms with van der Waals surface area (Å²) in [4.78, 5) is 34.8. The third-order valence-electron chi connectivity index (χ3n) is 5.64. The maximum Gasteiger partial charge on any atom is 0.263 e. The smallest absolute Gasteiger partial charge is 0.263 e. The van der Waals surface area contributed by atoms with E-state index in [-0.39, 0.29) is 11.5 Å². The minimum atomic E-state index is 0.0167. The van der Waals surface area contributed by atoms with Crippen LogP contribution in [0.2, 0.25) is 0 Å². The summed E-state index contributed by atoms with van der Waals surface area (Å²) >= 11 is 3.03. The fourth-order valence-electron chi connectivity index (χ4n) is 4.18. The number of thioether (sulfide) groups is 1. The third-order valence-corrected chi connectivity index (χ3v) is 7.79. The number of likely N-dealkylation sites (tertiary alicyclic amines) is 1. The Morgan fingerprint density at radius 2 is 2.21 bits per heavy atom. The van der Waals surface area contributed by atoms with Gasteiger partial charge < -0.3 is 9.64 Å². The van der Waals surface area contributed by atoms with Gasteiger partial charge >= 0.3 is 0 Å². The molecule has 0 aromatic carbocycles. The van der Waals surface area contributed by atoms with Gasteiger partial charge in [-0.15, -0.1) is 11.3 Å². The summed E-state index contributed by atoms with van der Waals surface area (Å²) in [5.41, 5.74) is 1.21. The van der Waals surface area contributed by atoms with Crippen LogP contribution in [0.5, 0.6) is 0 Å². The molecule has 0 saturated carbocycles. The van der Waals surface area contributed by atoms with E-state index in [1.807, 2.05) is 4.90 Å². The van der Waals surface area contributed by atoms with E-state index in [9.17, 15) is 9.59 Å². The topological polar surface area (TPSA) is 64.4 Å². The van der Waals surface area contributed by atoms with Crippen LogP contribution in [-0.4, -0.2) is 52.9 Å². The van der Waals surface area contributed by atoms with Crippen LogP contribution >= 0.6 is 23.1 Å². The number of carbonyl (C=O) groups excluding carboxylic acids is 1. The van der Waals surface area contributed by atoms with Gasteiger partial charge in [-0.3, -0.25) is 14.2 Å². The minimum Gasteiger partial charge on any atom is -0.383 e. The second-order valence-electron chi connectivity index (χ2n) is 7.76. The summed E-state index contributed by atoms with van der Waals surface area (Å²) in [7, 11) is 1.63. The summed E-state index contributed by atoms with van der Waals surface area (Å²) in [5, 5.41) is 1.42. The van der Waals surface area contributed by atoms with Gasteiger partial charge in [-0.1, -0.05) is 18.7 Å². The monoisotopic (exact) mass is 421 g/mol. The SMILES string of the molecule is COCCn1c(SCC(=O)N2CCC[C@H](C)C2)nc2sc3c(c2c1=O)CCC3. The molecule has 4 rings (SSSR count). The van der Waals surface area contributed by atoms with E-state index in [1.165, 1.54) is 28.6 Å². The van der Waals surface area contributed by atoms with E-state index >= 15 is 0 Å². The zero-order valence-corrected chi connectivity index (χ0v) is 18.2. The predicted molar refractivity (Wildman–Crippen MR) is 113 cm³/mol. The zero-order chi connectivity index (χ0) is 19.7. The fourth-order valence-corrected chi connectivity index (χ4v) is 6.41.